The first-order chi connectivity index (χ1) is 10.2. The Balaban J connectivity index is 0.00000176. The van der Waals surface area contributed by atoms with Crippen LogP contribution in [0.3, 0.4) is 0 Å². The van der Waals surface area contributed by atoms with Crippen molar-refractivity contribution < 1.29 is 0 Å². The summed E-state index contributed by atoms with van der Waals surface area (Å²) in [4.78, 5) is 0. The van der Waals surface area contributed by atoms with Gasteiger partial charge in [0.1, 0.15) is 0 Å². The first kappa shape index (κ1) is 16.1. The van der Waals surface area contributed by atoms with Crippen LogP contribution in [0.5, 0.6) is 0 Å². The van der Waals surface area contributed by atoms with Gasteiger partial charge in [0.25, 0.3) is 0 Å². The lowest BCUT2D eigenvalue weighted by molar-refractivity contribution is 0.669. The molecule has 0 bridgehead atoms. The van der Waals surface area contributed by atoms with E-state index in [1.54, 1.807) is 0 Å². The molecule has 22 heavy (non-hydrogen) atoms. The van der Waals surface area contributed by atoms with Gasteiger partial charge in [0, 0.05) is 0 Å². The second kappa shape index (κ2) is 7.15. The van der Waals surface area contributed by atoms with Gasteiger partial charge in [-0.15, -0.1) is 22.6 Å². The first-order valence-electron chi connectivity index (χ1n) is 6.87. The van der Waals surface area contributed by atoms with Crippen LogP contribution in [0.25, 0.3) is 11.1 Å². The fourth-order valence-corrected chi connectivity index (χ4v) is 2.33. The van der Waals surface area contributed by atoms with Gasteiger partial charge in [0.05, 0.1) is 6.04 Å². The highest BCUT2D eigenvalue weighted by Crippen LogP contribution is 2.22. The highest BCUT2D eigenvalue weighted by molar-refractivity contribution is 5.85. The Kier molecular flexibility index (Phi) is 5.25. The number of tetrazole rings is 1. The summed E-state index contributed by atoms with van der Waals surface area (Å²) >= 11 is 0. The van der Waals surface area contributed by atoms with Gasteiger partial charge >= 0.3 is 0 Å². The number of nitrogens with zero attached hydrogens (tertiary/aromatic N) is 3. The van der Waals surface area contributed by atoms with Crippen LogP contribution in [-0.2, 0) is 6.42 Å². The molecule has 3 rings (SSSR count). The molecule has 0 spiro atoms. The van der Waals surface area contributed by atoms with E-state index in [1.807, 2.05) is 0 Å². The van der Waals surface area contributed by atoms with Gasteiger partial charge in [0.15, 0.2) is 5.82 Å². The molecule has 1 heterocycles. The highest BCUT2D eigenvalue weighted by atomic mass is 35.5. The van der Waals surface area contributed by atoms with E-state index in [1.165, 1.54) is 16.7 Å². The summed E-state index contributed by atoms with van der Waals surface area (Å²) in [6, 6.07) is 16.7. The van der Waals surface area contributed by atoms with E-state index in [0.717, 1.165) is 5.56 Å². The Morgan fingerprint density at radius 3 is 2.50 bits per heavy atom. The van der Waals surface area contributed by atoms with E-state index in [0.29, 0.717) is 12.2 Å². The van der Waals surface area contributed by atoms with Crippen LogP contribution in [0.15, 0.2) is 48.5 Å². The van der Waals surface area contributed by atoms with Crippen LogP contribution in [0.4, 0.5) is 0 Å². The molecule has 0 aliphatic carbocycles. The number of aromatic amines is 1. The van der Waals surface area contributed by atoms with Crippen molar-refractivity contribution in [3.05, 3.63) is 65.5 Å². The molecule has 0 aliphatic heterocycles. The van der Waals surface area contributed by atoms with E-state index < -0.39 is 0 Å². The fourth-order valence-electron chi connectivity index (χ4n) is 2.33. The molecule has 114 valence electrons. The van der Waals surface area contributed by atoms with Crippen molar-refractivity contribution in [2.45, 2.75) is 19.4 Å². The Bertz CT molecular complexity index is 710. The van der Waals surface area contributed by atoms with Crippen LogP contribution < -0.4 is 5.73 Å². The second-order valence-electron chi connectivity index (χ2n) is 5.15. The third-order valence-electron chi connectivity index (χ3n) is 3.45. The standard InChI is InChI=1S/C16H17N5.ClH/c1-11-3-2-4-14(9-11)13-7-5-12(6-8-13)10-15(17)16-18-20-21-19-16;/h2-9,15H,10,17H2,1H3,(H,18,19,20,21);1H/t15-;/m0./s1. The summed E-state index contributed by atoms with van der Waals surface area (Å²) in [6.07, 6.45) is 0.688. The number of hydrogen-bond donors (Lipinski definition) is 2. The summed E-state index contributed by atoms with van der Waals surface area (Å²) in [7, 11) is 0. The minimum atomic E-state index is -0.242. The van der Waals surface area contributed by atoms with Crippen molar-refractivity contribution in [2.75, 3.05) is 0 Å². The second-order valence-corrected chi connectivity index (χ2v) is 5.15. The molecule has 0 unspecified atom stereocenters. The van der Waals surface area contributed by atoms with Gasteiger partial charge in [-0.3, -0.25) is 0 Å². The molecule has 5 nitrogen and oxygen atoms in total. The molecule has 3 N–H and O–H groups in total. The monoisotopic (exact) mass is 315 g/mol. The number of aryl methyl sites for hydroxylation is 1. The van der Waals surface area contributed by atoms with Crippen molar-refractivity contribution in [3.63, 3.8) is 0 Å². The number of nitrogens with one attached hydrogen (secondary N) is 1. The number of halogens is 1. The van der Waals surface area contributed by atoms with Gasteiger partial charge in [-0.2, -0.15) is 5.21 Å². The average Bonchev–Trinajstić information content (AvgIpc) is 3.02. The summed E-state index contributed by atoms with van der Waals surface area (Å²) in [6.45, 7) is 2.10. The molecule has 0 fully saturated rings. The molecule has 0 aliphatic rings. The lowest BCUT2D eigenvalue weighted by Gasteiger charge is -2.08. The average molecular weight is 316 g/mol. The molecular formula is C16H18ClN5. The van der Waals surface area contributed by atoms with Crippen LogP contribution in [0.1, 0.15) is 23.0 Å². The summed E-state index contributed by atoms with van der Waals surface area (Å²) < 4.78 is 0. The van der Waals surface area contributed by atoms with Gasteiger partial charge < -0.3 is 5.73 Å². The zero-order chi connectivity index (χ0) is 14.7. The van der Waals surface area contributed by atoms with Crippen molar-refractivity contribution in [1.82, 2.24) is 20.6 Å². The summed E-state index contributed by atoms with van der Waals surface area (Å²) in [5.41, 5.74) is 10.9. The molecule has 1 aromatic heterocycles. The third kappa shape index (κ3) is 3.69. The summed E-state index contributed by atoms with van der Waals surface area (Å²) in [5.74, 6) is 0.540. The number of hydrogen-bond acceptors (Lipinski definition) is 4. The van der Waals surface area contributed by atoms with Crippen molar-refractivity contribution in [2.24, 2.45) is 5.73 Å². The third-order valence-corrected chi connectivity index (χ3v) is 3.45. The van der Waals surface area contributed by atoms with Gasteiger partial charge in [0.2, 0.25) is 0 Å². The first-order valence-corrected chi connectivity index (χ1v) is 6.87. The lowest BCUT2D eigenvalue weighted by atomic mass is 10.00. The van der Waals surface area contributed by atoms with E-state index in [2.05, 4.69) is 76.1 Å². The Labute approximate surface area is 135 Å². The molecule has 1 atom stereocenters. The van der Waals surface area contributed by atoms with Gasteiger partial charge in [-0.25, -0.2) is 0 Å². The maximum Gasteiger partial charge on any atom is 0.191 e. The van der Waals surface area contributed by atoms with E-state index in [4.69, 9.17) is 5.73 Å². The molecule has 3 aromatic rings. The molecule has 0 saturated heterocycles. The van der Waals surface area contributed by atoms with Crippen LogP contribution in [0.2, 0.25) is 0 Å². The number of aromatic nitrogens is 4. The number of rotatable bonds is 4. The van der Waals surface area contributed by atoms with E-state index >= 15 is 0 Å². The minimum absolute atomic E-state index is 0. The smallest absolute Gasteiger partial charge is 0.191 e. The normalized spacial score (nSPS) is 11.7. The molecule has 0 radical (unpaired) electrons. The number of H-pyrrole nitrogens is 1. The van der Waals surface area contributed by atoms with E-state index in [9.17, 15) is 0 Å². The van der Waals surface area contributed by atoms with Crippen molar-refractivity contribution >= 4 is 12.4 Å². The maximum absolute atomic E-state index is 6.06. The summed E-state index contributed by atoms with van der Waals surface area (Å²) in [5, 5.41) is 13.8. The predicted molar refractivity (Wildman–Crippen MR) is 88.7 cm³/mol. The lowest BCUT2D eigenvalue weighted by Crippen LogP contribution is -2.15. The Morgan fingerprint density at radius 2 is 1.86 bits per heavy atom. The molecule has 0 saturated carbocycles. The predicted octanol–water partition coefficient (Wildman–Crippen LogP) is 2.84. The minimum Gasteiger partial charge on any atom is -0.321 e. The van der Waals surface area contributed by atoms with Crippen LogP contribution >= 0.6 is 12.4 Å². The zero-order valence-electron chi connectivity index (χ0n) is 12.2. The van der Waals surface area contributed by atoms with Crippen molar-refractivity contribution in [1.29, 1.82) is 0 Å². The molecule has 2 aromatic carbocycles. The van der Waals surface area contributed by atoms with Crippen LogP contribution in [-0.4, -0.2) is 20.6 Å². The van der Waals surface area contributed by atoms with Gasteiger partial charge in [-0.05, 0) is 30.0 Å². The largest absolute Gasteiger partial charge is 0.321 e. The number of benzene rings is 2. The SMILES string of the molecule is Cc1cccc(-c2ccc(C[C@H](N)c3nn[nH]n3)cc2)c1.Cl. The fraction of sp³-hybridized carbons (Fsp3) is 0.188. The molecule has 0 amide bonds. The van der Waals surface area contributed by atoms with Crippen LogP contribution in [0, 0.1) is 6.92 Å². The number of nitrogens with two attached hydrogens (primary N) is 1. The quantitative estimate of drug-likeness (QED) is 0.775. The maximum atomic E-state index is 6.06. The topological polar surface area (TPSA) is 80.5 Å². The van der Waals surface area contributed by atoms with E-state index in [-0.39, 0.29) is 18.4 Å². The Morgan fingerprint density at radius 1 is 1.09 bits per heavy atom. The zero-order valence-corrected chi connectivity index (χ0v) is 13.0. The van der Waals surface area contributed by atoms with Crippen molar-refractivity contribution in [3.8, 4) is 11.1 Å². The molecule has 6 heteroatoms. The Hall–Kier alpha value is -2.24. The van der Waals surface area contributed by atoms with Gasteiger partial charge in [-0.1, -0.05) is 59.3 Å². The molecular weight excluding hydrogens is 298 g/mol. The highest BCUT2D eigenvalue weighted by Gasteiger charge is 2.11.